The second-order valence-electron chi connectivity index (χ2n) is 3.60. The van der Waals surface area contributed by atoms with Crippen LogP contribution in [0.4, 0.5) is 10.5 Å². The van der Waals surface area contributed by atoms with Gasteiger partial charge >= 0.3 is 6.09 Å². The Morgan fingerprint density at radius 2 is 2.07 bits per heavy atom. The van der Waals surface area contributed by atoms with Crippen LogP contribution in [0.5, 0.6) is 0 Å². The van der Waals surface area contributed by atoms with Crippen LogP contribution in [0.1, 0.15) is 19.4 Å². The number of hydrogen-bond donors (Lipinski definition) is 1. The van der Waals surface area contributed by atoms with Gasteiger partial charge in [0.05, 0.1) is 6.10 Å². The molecule has 0 saturated heterocycles. The van der Waals surface area contributed by atoms with Crippen molar-refractivity contribution in [1.82, 2.24) is 0 Å². The van der Waals surface area contributed by atoms with Crippen molar-refractivity contribution >= 4 is 27.7 Å². The van der Waals surface area contributed by atoms with Gasteiger partial charge < -0.3 is 4.74 Å². The molecular formula is C11H14BrNO2. The van der Waals surface area contributed by atoms with Crippen LogP contribution in [-0.2, 0) is 4.74 Å². The highest BCUT2D eigenvalue weighted by atomic mass is 79.9. The summed E-state index contributed by atoms with van der Waals surface area (Å²) in [6.45, 7) is 5.58. The lowest BCUT2D eigenvalue weighted by Crippen LogP contribution is -2.17. The van der Waals surface area contributed by atoms with E-state index >= 15 is 0 Å². The number of aryl methyl sites for hydroxylation is 1. The first-order valence-corrected chi connectivity index (χ1v) is 5.51. The van der Waals surface area contributed by atoms with Gasteiger partial charge in [0, 0.05) is 10.2 Å². The van der Waals surface area contributed by atoms with Crippen LogP contribution in [0.15, 0.2) is 22.7 Å². The maximum absolute atomic E-state index is 11.3. The van der Waals surface area contributed by atoms with E-state index in [1.807, 2.05) is 39.0 Å². The molecule has 0 aromatic heterocycles. The van der Waals surface area contributed by atoms with Crippen molar-refractivity contribution in [3.8, 4) is 0 Å². The first-order valence-electron chi connectivity index (χ1n) is 4.72. The van der Waals surface area contributed by atoms with Gasteiger partial charge in [-0.25, -0.2) is 4.79 Å². The molecule has 0 spiro atoms. The highest BCUT2D eigenvalue weighted by molar-refractivity contribution is 9.10. The molecule has 1 rings (SSSR count). The lowest BCUT2D eigenvalue weighted by atomic mass is 10.2. The van der Waals surface area contributed by atoms with E-state index in [2.05, 4.69) is 21.2 Å². The molecule has 0 atom stereocenters. The smallest absolute Gasteiger partial charge is 0.411 e. The molecule has 0 bridgehead atoms. The number of amides is 1. The Bertz CT molecular complexity index is 343. The van der Waals surface area contributed by atoms with Crippen molar-refractivity contribution in [2.24, 2.45) is 0 Å². The van der Waals surface area contributed by atoms with Crippen LogP contribution in [-0.4, -0.2) is 12.2 Å². The summed E-state index contributed by atoms with van der Waals surface area (Å²) >= 11 is 3.36. The summed E-state index contributed by atoms with van der Waals surface area (Å²) in [6, 6.07) is 5.68. The molecule has 0 aliphatic rings. The van der Waals surface area contributed by atoms with Crippen LogP contribution in [0.25, 0.3) is 0 Å². The average molecular weight is 272 g/mol. The Hall–Kier alpha value is -1.03. The molecule has 1 aromatic rings. The normalized spacial score (nSPS) is 10.2. The van der Waals surface area contributed by atoms with Crippen LogP contribution >= 0.6 is 15.9 Å². The first kappa shape index (κ1) is 12.0. The molecule has 0 aliphatic carbocycles. The van der Waals surface area contributed by atoms with Crippen LogP contribution in [0.3, 0.4) is 0 Å². The number of carbonyl (C=O) groups is 1. The number of benzene rings is 1. The largest absolute Gasteiger partial charge is 0.447 e. The van der Waals surface area contributed by atoms with Crippen LogP contribution in [0, 0.1) is 6.92 Å². The van der Waals surface area contributed by atoms with E-state index in [4.69, 9.17) is 4.74 Å². The number of ether oxygens (including phenoxy) is 1. The van der Waals surface area contributed by atoms with Gasteiger partial charge in [-0.05, 0) is 44.5 Å². The van der Waals surface area contributed by atoms with E-state index in [-0.39, 0.29) is 6.10 Å². The molecule has 0 aliphatic heterocycles. The van der Waals surface area contributed by atoms with Gasteiger partial charge in [0.2, 0.25) is 0 Å². The monoisotopic (exact) mass is 271 g/mol. The summed E-state index contributed by atoms with van der Waals surface area (Å²) in [5.74, 6) is 0. The van der Waals surface area contributed by atoms with Crippen LogP contribution in [0.2, 0.25) is 0 Å². The maximum Gasteiger partial charge on any atom is 0.411 e. The zero-order chi connectivity index (χ0) is 11.4. The fourth-order valence-corrected chi connectivity index (χ4v) is 1.78. The summed E-state index contributed by atoms with van der Waals surface area (Å²) in [7, 11) is 0. The second kappa shape index (κ2) is 5.16. The van der Waals surface area contributed by atoms with Crippen molar-refractivity contribution in [3.63, 3.8) is 0 Å². The van der Waals surface area contributed by atoms with E-state index in [0.717, 1.165) is 15.7 Å². The number of carbonyl (C=O) groups excluding carboxylic acids is 1. The number of hydrogen-bond acceptors (Lipinski definition) is 2. The molecule has 0 fully saturated rings. The second-order valence-corrected chi connectivity index (χ2v) is 4.51. The van der Waals surface area contributed by atoms with Gasteiger partial charge in [-0.15, -0.1) is 0 Å². The van der Waals surface area contributed by atoms with E-state index in [0.29, 0.717) is 0 Å². The highest BCUT2D eigenvalue weighted by Gasteiger charge is 2.05. The van der Waals surface area contributed by atoms with Crippen molar-refractivity contribution in [3.05, 3.63) is 28.2 Å². The molecule has 1 amide bonds. The zero-order valence-electron chi connectivity index (χ0n) is 9.00. The predicted octanol–water partition coefficient (Wildman–Crippen LogP) is 3.71. The molecule has 0 heterocycles. The topological polar surface area (TPSA) is 38.3 Å². The van der Waals surface area contributed by atoms with Gasteiger partial charge in [0.15, 0.2) is 0 Å². The summed E-state index contributed by atoms with van der Waals surface area (Å²) in [5, 5.41) is 2.66. The minimum Gasteiger partial charge on any atom is -0.447 e. The Balaban J connectivity index is 2.68. The van der Waals surface area contributed by atoms with Gasteiger partial charge in [0.25, 0.3) is 0 Å². The lowest BCUT2D eigenvalue weighted by Gasteiger charge is -2.10. The minimum atomic E-state index is -0.428. The maximum atomic E-state index is 11.3. The van der Waals surface area contributed by atoms with Crippen molar-refractivity contribution in [1.29, 1.82) is 0 Å². The third kappa shape index (κ3) is 4.34. The molecule has 3 nitrogen and oxygen atoms in total. The number of anilines is 1. The van der Waals surface area contributed by atoms with Crippen molar-refractivity contribution in [2.75, 3.05) is 5.32 Å². The van der Waals surface area contributed by atoms with Crippen molar-refractivity contribution < 1.29 is 9.53 Å². The molecule has 0 saturated carbocycles. The Kier molecular flexibility index (Phi) is 4.15. The molecule has 82 valence electrons. The van der Waals surface area contributed by atoms with E-state index in [9.17, 15) is 4.79 Å². The summed E-state index contributed by atoms with van der Waals surface area (Å²) < 4.78 is 5.90. The minimum absolute atomic E-state index is 0.113. The summed E-state index contributed by atoms with van der Waals surface area (Å²) in [5.41, 5.74) is 1.80. The lowest BCUT2D eigenvalue weighted by molar-refractivity contribution is 0.130. The molecule has 0 unspecified atom stereocenters. The molecule has 1 aromatic carbocycles. The van der Waals surface area contributed by atoms with E-state index in [1.54, 1.807) is 0 Å². The van der Waals surface area contributed by atoms with Gasteiger partial charge in [-0.3, -0.25) is 5.32 Å². The zero-order valence-corrected chi connectivity index (χ0v) is 10.6. The molecule has 0 radical (unpaired) electrons. The highest BCUT2D eigenvalue weighted by Crippen LogP contribution is 2.19. The van der Waals surface area contributed by atoms with Gasteiger partial charge in [-0.2, -0.15) is 0 Å². The summed E-state index contributed by atoms with van der Waals surface area (Å²) in [4.78, 5) is 11.3. The third-order valence-corrected chi connectivity index (χ3v) is 2.09. The fourth-order valence-electron chi connectivity index (χ4n) is 1.17. The fraction of sp³-hybridized carbons (Fsp3) is 0.364. The van der Waals surface area contributed by atoms with E-state index in [1.165, 1.54) is 0 Å². The molecular weight excluding hydrogens is 258 g/mol. The Labute approximate surface area is 97.9 Å². The first-order chi connectivity index (χ1) is 6.97. The Morgan fingerprint density at radius 1 is 1.40 bits per heavy atom. The van der Waals surface area contributed by atoms with E-state index < -0.39 is 6.09 Å². The third-order valence-electron chi connectivity index (χ3n) is 1.63. The summed E-state index contributed by atoms with van der Waals surface area (Å²) in [6.07, 6.45) is -0.541. The number of halogens is 1. The van der Waals surface area contributed by atoms with Crippen LogP contribution < -0.4 is 5.32 Å². The quantitative estimate of drug-likeness (QED) is 0.891. The number of rotatable bonds is 2. The van der Waals surface area contributed by atoms with Gasteiger partial charge in [-0.1, -0.05) is 15.9 Å². The molecule has 15 heavy (non-hydrogen) atoms. The van der Waals surface area contributed by atoms with Gasteiger partial charge in [0.1, 0.15) is 0 Å². The van der Waals surface area contributed by atoms with Crippen molar-refractivity contribution in [2.45, 2.75) is 26.9 Å². The Morgan fingerprint density at radius 3 is 2.60 bits per heavy atom. The molecule has 1 N–H and O–H groups in total. The predicted molar refractivity (Wildman–Crippen MR) is 64.1 cm³/mol. The average Bonchev–Trinajstić information content (AvgIpc) is 1.98. The standard InChI is InChI=1S/C11H14BrNO2/c1-7(2)15-11(14)13-10-5-8(3)4-9(12)6-10/h4-7H,1-3H3,(H,13,14). The molecule has 4 heteroatoms. The SMILES string of the molecule is Cc1cc(Br)cc(NC(=O)OC(C)C)c1. The number of nitrogens with one attached hydrogen (secondary N) is 1.